The number of halogens is 1. The Labute approximate surface area is 208 Å². The molecule has 3 heterocycles. The molecule has 1 spiro atoms. The third-order valence-electron chi connectivity index (χ3n) is 7.44. The quantitative estimate of drug-likeness (QED) is 0.670. The van der Waals surface area contributed by atoms with E-state index in [1.54, 1.807) is 0 Å². The van der Waals surface area contributed by atoms with Crippen LogP contribution in [0.4, 0.5) is 11.4 Å². The predicted molar refractivity (Wildman–Crippen MR) is 139 cm³/mol. The number of piperazine rings is 1. The van der Waals surface area contributed by atoms with E-state index in [1.165, 1.54) is 38.0 Å². The highest BCUT2D eigenvalue weighted by atomic mass is 35.5. The summed E-state index contributed by atoms with van der Waals surface area (Å²) in [5.41, 5.74) is 3.93. The van der Waals surface area contributed by atoms with Gasteiger partial charge in [-0.3, -0.25) is 4.79 Å². The highest BCUT2D eigenvalue weighted by molar-refractivity contribution is 6.32. The fourth-order valence-electron chi connectivity index (χ4n) is 5.13. The summed E-state index contributed by atoms with van der Waals surface area (Å²) >= 11 is 6.22. The molecule has 0 unspecified atom stereocenters. The Hall–Kier alpha value is -2.59. The largest absolute Gasteiger partial charge is 0.371 e. The normalized spacial score (nSPS) is 19.9. The minimum absolute atomic E-state index is 0.361. The van der Waals surface area contributed by atoms with Gasteiger partial charge in [-0.1, -0.05) is 11.6 Å². The Kier molecular flexibility index (Phi) is 8.10. The molecule has 3 saturated heterocycles. The van der Waals surface area contributed by atoms with Crippen molar-refractivity contribution < 1.29 is 4.79 Å². The molecule has 0 radical (unpaired) electrons. The van der Waals surface area contributed by atoms with Crippen LogP contribution in [0.25, 0.3) is 0 Å². The lowest BCUT2D eigenvalue weighted by molar-refractivity contribution is 0.112. The van der Waals surface area contributed by atoms with Crippen LogP contribution in [0.3, 0.4) is 0 Å². The van der Waals surface area contributed by atoms with Gasteiger partial charge in [0.15, 0.2) is 0 Å². The molecule has 0 saturated carbocycles. The number of carbonyl (C=O) groups is 1. The van der Waals surface area contributed by atoms with Gasteiger partial charge in [0.2, 0.25) is 0 Å². The zero-order valence-corrected chi connectivity index (χ0v) is 20.7. The minimum atomic E-state index is 0.361. The third-order valence-corrected chi connectivity index (χ3v) is 7.75. The van der Waals surface area contributed by atoms with Crippen LogP contribution in [-0.4, -0.2) is 70.6 Å². The molecular formula is C27H34ClN5O. The highest BCUT2D eigenvalue weighted by Crippen LogP contribution is 2.43. The van der Waals surface area contributed by atoms with E-state index < -0.39 is 0 Å². The number of hydrogen-bond donors (Lipinski definition) is 1. The Bertz CT molecular complexity index is 1000. The summed E-state index contributed by atoms with van der Waals surface area (Å²) < 4.78 is 0. The van der Waals surface area contributed by atoms with Crippen molar-refractivity contribution in [2.75, 3.05) is 69.2 Å². The molecule has 2 aromatic rings. The number of nitrogens with one attached hydrogen (secondary N) is 1. The van der Waals surface area contributed by atoms with Crippen LogP contribution in [0.2, 0.25) is 5.02 Å². The average molecular weight is 480 g/mol. The molecule has 0 atom stereocenters. The van der Waals surface area contributed by atoms with Gasteiger partial charge in [-0.25, -0.2) is 0 Å². The molecule has 3 aliphatic heterocycles. The molecule has 3 fully saturated rings. The molecule has 5 rings (SSSR count). The number of aldehydes is 1. The van der Waals surface area contributed by atoms with E-state index in [0.717, 1.165) is 56.8 Å². The first-order valence-corrected chi connectivity index (χ1v) is 12.5. The van der Waals surface area contributed by atoms with E-state index in [2.05, 4.69) is 33.1 Å². The molecule has 1 N–H and O–H groups in total. The molecule has 0 aromatic heterocycles. The molecule has 7 heteroatoms. The summed E-state index contributed by atoms with van der Waals surface area (Å²) in [5.74, 6) is 0. The maximum Gasteiger partial charge on any atom is 0.150 e. The van der Waals surface area contributed by atoms with E-state index >= 15 is 0 Å². The number of nitriles is 1. The topological polar surface area (TPSA) is 62.6 Å². The van der Waals surface area contributed by atoms with Crippen molar-refractivity contribution >= 4 is 29.3 Å². The first kappa shape index (κ1) is 24.5. The first-order valence-electron chi connectivity index (χ1n) is 12.2. The zero-order valence-electron chi connectivity index (χ0n) is 20.0. The maximum atomic E-state index is 10.8. The van der Waals surface area contributed by atoms with E-state index in [-0.39, 0.29) is 0 Å². The number of piperidine rings is 1. The van der Waals surface area contributed by atoms with Gasteiger partial charge in [0.1, 0.15) is 12.4 Å². The number of likely N-dealkylation sites (N-methyl/N-ethyl adjacent to an activating group) is 1. The SMILES string of the molecule is CN1CCNCC1.N#Cc1ccc(N2CCC3(CCN(c4ccc(C=O)cc4)CC3)C2)cc1Cl. The van der Waals surface area contributed by atoms with Crippen molar-refractivity contribution in [3.63, 3.8) is 0 Å². The number of carbonyl (C=O) groups excluding carboxylic acids is 1. The van der Waals surface area contributed by atoms with Gasteiger partial charge in [-0.15, -0.1) is 0 Å². The van der Waals surface area contributed by atoms with Gasteiger partial charge in [0.05, 0.1) is 10.6 Å². The number of hydrogen-bond acceptors (Lipinski definition) is 6. The van der Waals surface area contributed by atoms with Gasteiger partial charge in [0.25, 0.3) is 0 Å². The second-order valence-electron chi connectivity index (χ2n) is 9.70. The standard InChI is InChI=1S/C22H22ClN3O.C5H12N2/c23-21-13-20(6-3-18(21)14-24)26-12-9-22(16-26)7-10-25(11-8-22)19-4-1-17(15-27)2-5-19;1-7-4-2-6-3-5-7/h1-6,13,15H,7-12,16H2;6H,2-5H2,1H3. The van der Waals surface area contributed by atoms with Crippen molar-refractivity contribution in [3.8, 4) is 6.07 Å². The molecule has 3 aliphatic rings. The Morgan fingerprint density at radius 3 is 2.09 bits per heavy atom. The summed E-state index contributed by atoms with van der Waals surface area (Å²) in [5, 5.41) is 12.9. The molecule has 6 nitrogen and oxygen atoms in total. The fourth-order valence-corrected chi connectivity index (χ4v) is 5.35. The van der Waals surface area contributed by atoms with E-state index in [1.807, 2.05) is 42.5 Å². The smallest absolute Gasteiger partial charge is 0.150 e. The van der Waals surface area contributed by atoms with Crippen LogP contribution >= 0.6 is 11.6 Å². The first-order chi connectivity index (χ1) is 16.5. The lowest BCUT2D eigenvalue weighted by Gasteiger charge is -2.40. The van der Waals surface area contributed by atoms with Crippen molar-refractivity contribution in [1.29, 1.82) is 5.26 Å². The molecule has 2 aromatic carbocycles. The summed E-state index contributed by atoms with van der Waals surface area (Å²) in [6.45, 7) is 8.92. The number of rotatable bonds is 3. The third kappa shape index (κ3) is 5.90. The number of benzene rings is 2. The summed E-state index contributed by atoms with van der Waals surface area (Å²) in [6.07, 6.45) is 4.42. The van der Waals surface area contributed by atoms with E-state index in [9.17, 15) is 4.79 Å². The summed E-state index contributed by atoms with van der Waals surface area (Å²) in [6, 6.07) is 15.7. The van der Waals surface area contributed by atoms with Gasteiger partial charge >= 0.3 is 0 Å². The lowest BCUT2D eigenvalue weighted by Crippen LogP contribution is -2.41. The summed E-state index contributed by atoms with van der Waals surface area (Å²) in [4.78, 5) is 18.0. The Morgan fingerprint density at radius 2 is 1.56 bits per heavy atom. The highest BCUT2D eigenvalue weighted by Gasteiger charge is 2.40. The van der Waals surface area contributed by atoms with Crippen LogP contribution in [0.5, 0.6) is 0 Å². The van der Waals surface area contributed by atoms with E-state index in [0.29, 0.717) is 16.0 Å². The Balaban J connectivity index is 0.000000336. The summed E-state index contributed by atoms with van der Waals surface area (Å²) in [7, 11) is 2.15. The predicted octanol–water partition coefficient (Wildman–Crippen LogP) is 4.04. The van der Waals surface area contributed by atoms with Crippen LogP contribution in [0.15, 0.2) is 42.5 Å². The van der Waals surface area contributed by atoms with Crippen molar-refractivity contribution in [2.45, 2.75) is 19.3 Å². The van der Waals surface area contributed by atoms with Gasteiger partial charge in [-0.2, -0.15) is 5.26 Å². The van der Waals surface area contributed by atoms with E-state index in [4.69, 9.17) is 16.9 Å². The molecule has 0 aliphatic carbocycles. The van der Waals surface area contributed by atoms with Gasteiger partial charge in [0, 0.05) is 69.3 Å². The van der Waals surface area contributed by atoms with Crippen LogP contribution in [-0.2, 0) is 0 Å². The maximum absolute atomic E-state index is 10.8. The molecule has 0 amide bonds. The second-order valence-corrected chi connectivity index (χ2v) is 10.1. The molecule has 34 heavy (non-hydrogen) atoms. The minimum Gasteiger partial charge on any atom is -0.371 e. The van der Waals surface area contributed by atoms with Crippen LogP contribution in [0.1, 0.15) is 35.2 Å². The molecule has 180 valence electrons. The lowest BCUT2D eigenvalue weighted by atomic mass is 9.77. The van der Waals surface area contributed by atoms with Crippen LogP contribution in [0, 0.1) is 16.7 Å². The monoisotopic (exact) mass is 479 g/mol. The van der Waals surface area contributed by atoms with Crippen molar-refractivity contribution in [1.82, 2.24) is 10.2 Å². The van der Waals surface area contributed by atoms with Gasteiger partial charge < -0.3 is 20.0 Å². The van der Waals surface area contributed by atoms with Crippen LogP contribution < -0.4 is 15.1 Å². The van der Waals surface area contributed by atoms with Crippen molar-refractivity contribution in [2.24, 2.45) is 5.41 Å². The second kappa shape index (κ2) is 11.2. The number of nitrogens with zero attached hydrogens (tertiary/aromatic N) is 4. The Morgan fingerprint density at radius 1 is 0.941 bits per heavy atom. The molecule has 0 bridgehead atoms. The zero-order chi connectivity index (χ0) is 24.0. The number of anilines is 2. The van der Waals surface area contributed by atoms with Gasteiger partial charge in [-0.05, 0) is 74.2 Å². The molecular weight excluding hydrogens is 446 g/mol. The van der Waals surface area contributed by atoms with Crippen molar-refractivity contribution in [3.05, 3.63) is 58.6 Å². The fraction of sp³-hybridized carbons (Fsp3) is 0.481. The average Bonchev–Trinajstić information content (AvgIpc) is 3.29.